The standard InChI is InChI=1S/C21H29N5OS/c1-3-22-21(26-13-11-25(12-14-26)19-8-5-15-28-19)24-10-9-23-20(27)18-7-4-6-17(2)16-18/h4-8,15-16H,3,9-14H2,1-2H3,(H,22,24)(H,23,27). The predicted octanol–water partition coefficient (Wildman–Crippen LogP) is 2.57. The first kappa shape index (κ1) is 20.2. The molecule has 1 fully saturated rings. The molecule has 1 aliphatic rings. The van der Waals surface area contributed by atoms with Crippen LogP contribution in [0.3, 0.4) is 0 Å². The van der Waals surface area contributed by atoms with E-state index >= 15 is 0 Å². The van der Waals surface area contributed by atoms with Crippen LogP contribution in [-0.4, -0.2) is 62.6 Å². The summed E-state index contributed by atoms with van der Waals surface area (Å²) in [6.45, 7) is 9.86. The summed E-state index contributed by atoms with van der Waals surface area (Å²) in [5, 5.41) is 9.79. The lowest BCUT2D eigenvalue weighted by molar-refractivity contribution is 0.0954. The molecule has 0 saturated carbocycles. The fraction of sp³-hybridized carbons (Fsp3) is 0.429. The van der Waals surface area contributed by atoms with Gasteiger partial charge in [-0.25, -0.2) is 0 Å². The van der Waals surface area contributed by atoms with Crippen molar-refractivity contribution in [1.29, 1.82) is 0 Å². The first-order chi connectivity index (χ1) is 13.7. The van der Waals surface area contributed by atoms with Crippen molar-refractivity contribution in [3.8, 4) is 0 Å². The van der Waals surface area contributed by atoms with Gasteiger partial charge in [-0.1, -0.05) is 17.7 Å². The maximum atomic E-state index is 12.2. The Morgan fingerprint density at radius 3 is 2.64 bits per heavy atom. The average molecular weight is 400 g/mol. The van der Waals surface area contributed by atoms with Crippen LogP contribution in [0.25, 0.3) is 0 Å². The van der Waals surface area contributed by atoms with E-state index in [1.807, 2.05) is 31.2 Å². The van der Waals surface area contributed by atoms with Crippen molar-refractivity contribution in [2.45, 2.75) is 13.8 Å². The van der Waals surface area contributed by atoms with E-state index in [0.29, 0.717) is 18.7 Å². The number of carbonyl (C=O) groups excluding carboxylic acids is 1. The van der Waals surface area contributed by atoms with Crippen molar-refractivity contribution in [1.82, 2.24) is 15.5 Å². The highest BCUT2D eigenvalue weighted by atomic mass is 32.1. The number of nitrogens with one attached hydrogen (secondary N) is 2. The first-order valence-electron chi connectivity index (χ1n) is 9.84. The zero-order chi connectivity index (χ0) is 19.8. The number of hydrogen-bond donors (Lipinski definition) is 2. The lowest BCUT2D eigenvalue weighted by Crippen LogP contribution is -2.52. The van der Waals surface area contributed by atoms with Crippen molar-refractivity contribution in [2.75, 3.05) is 50.7 Å². The SMILES string of the molecule is CCNC(=NCCNC(=O)c1cccc(C)c1)N1CCN(c2cccs2)CC1. The van der Waals surface area contributed by atoms with Crippen LogP contribution in [0.2, 0.25) is 0 Å². The number of aryl methyl sites for hydroxylation is 1. The number of nitrogens with zero attached hydrogens (tertiary/aromatic N) is 3. The molecular formula is C21H29N5OS. The van der Waals surface area contributed by atoms with Gasteiger partial charge in [0.15, 0.2) is 5.96 Å². The largest absolute Gasteiger partial charge is 0.360 e. The molecule has 0 unspecified atom stereocenters. The smallest absolute Gasteiger partial charge is 0.251 e. The van der Waals surface area contributed by atoms with E-state index in [1.54, 1.807) is 11.3 Å². The third kappa shape index (κ3) is 5.48. The molecule has 7 heteroatoms. The Labute approximate surface area is 171 Å². The number of amides is 1. The van der Waals surface area contributed by atoms with Gasteiger partial charge in [0, 0.05) is 44.8 Å². The minimum Gasteiger partial charge on any atom is -0.360 e. The minimum atomic E-state index is -0.0477. The lowest BCUT2D eigenvalue weighted by atomic mass is 10.1. The summed E-state index contributed by atoms with van der Waals surface area (Å²) in [5.74, 6) is 0.881. The number of aliphatic imine (C=N–C) groups is 1. The number of guanidine groups is 1. The average Bonchev–Trinajstić information content (AvgIpc) is 3.25. The fourth-order valence-electron chi connectivity index (χ4n) is 3.23. The van der Waals surface area contributed by atoms with Crippen LogP contribution < -0.4 is 15.5 Å². The van der Waals surface area contributed by atoms with Gasteiger partial charge in [0.05, 0.1) is 11.5 Å². The maximum absolute atomic E-state index is 12.2. The van der Waals surface area contributed by atoms with E-state index in [9.17, 15) is 4.79 Å². The summed E-state index contributed by atoms with van der Waals surface area (Å²) in [5.41, 5.74) is 1.78. The molecule has 3 rings (SSSR count). The number of rotatable bonds is 6. The van der Waals surface area contributed by atoms with E-state index in [-0.39, 0.29) is 5.91 Å². The third-order valence-corrected chi connectivity index (χ3v) is 5.60. The topological polar surface area (TPSA) is 60.0 Å². The minimum absolute atomic E-state index is 0.0477. The van der Waals surface area contributed by atoms with Gasteiger partial charge in [-0.05, 0) is 43.5 Å². The van der Waals surface area contributed by atoms with Gasteiger partial charge >= 0.3 is 0 Å². The maximum Gasteiger partial charge on any atom is 0.251 e. The lowest BCUT2D eigenvalue weighted by Gasteiger charge is -2.37. The van der Waals surface area contributed by atoms with Crippen LogP contribution in [0.1, 0.15) is 22.8 Å². The molecule has 0 aliphatic carbocycles. The van der Waals surface area contributed by atoms with Crippen LogP contribution in [0.4, 0.5) is 5.00 Å². The molecule has 2 heterocycles. The van der Waals surface area contributed by atoms with E-state index < -0.39 is 0 Å². The van der Waals surface area contributed by atoms with Gasteiger partial charge in [0.25, 0.3) is 5.91 Å². The number of hydrogen-bond acceptors (Lipinski definition) is 4. The molecule has 1 saturated heterocycles. The van der Waals surface area contributed by atoms with E-state index in [4.69, 9.17) is 4.99 Å². The van der Waals surface area contributed by atoms with Crippen LogP contribution >= 0.6 is 11.3 Å². The van der Waals surface area contributed by atoms with Gasteiger partial charge in [-0.2, -0.15) is 0 Å². The fourth-order valence-corrected chi connectivity index (χ4v) is 4.02. The second-order valence-electron chi connectivity index (χ2n) is 6.79. The van der Waals surface area contributed by atoms with Crippen LogP contribution in [0.5, 0.6) is 0 Å². The predicted molar refractivity (Wildman–Crippen MR) is 118 cm³/mol. The molecule has 1 amide bonds. The van der Waals surface area contributed by atoms with Crippen molar-refractivity contribution < 1.29 is 4.79 Å². The summed E-state index contributed by atoms with van der Waals surface area (Å²) in [6.07, 6.45) is 0. The molecule has 0 radical (unpaired) electrons. The van der Waals surface area contributed by atoms with Crippen molar-refractivity contribution >= 4 is 28.2 Å². The zero-order valence-corrected chi connectivity index (χ0v) is 17.5. The number of thiophene rings is 1. The number of anilines is 1. The molecular weight excluding hydrogens is 370 g/mol. The normalized spacial score (nSPS) is 14.9. The van der Waals surface area contributed by atoms with Gasteiger partial charge in [-0.15, -0.1) is 11.3 Å². The molecule has 1 aromatic heterocycles. The molecule has 0 bridgehead atoms. The number of benzene rings is 1. The van der Waals surface area contributed by atoms with Crippen LogP contribution in [0.15, 0.2) is 46.8 Å². The summed E-state index contributed by atoms with van der Waals surface area (Å²) < 4.78 is 0. The van der Waals surface area contributed by atoms with Crippen molar-refractivity contribution in [3.63, 3.8) is 0 Å². The van der Waals surface area contributed by atoms with Gasteiger partial charge in [-0.3, -0.25) is 9.79 Å². The molecule has 150 valence electrons. The van der Waals surface area contributed by atoms with Gasteiger partial charge in [0.2, 0.25) is 0 Å². The molecule has 1 aliphatic heterocycles. The Bertz CT molecular complexity index is 782. The Balaban J connectivity index is 1.48. The molecule has 6 nitrogen and oxygen atoms in total. The van der Waals surface area contributed by atoms with Gasteiger partial charge in [0.1, 0.15) is 0 Å². The summed E-state index contributed by atoms with van der Waals surface area (Å²) in [4.78, 5) is 21.7. The second kappa shape index (κ2) is 10.1. The molecule has 0 spiro atoms. The van der Waals surface area contributed by atoms with Crippen molar-refractivity contribution in [2.24, 2.45) is 4.99 Å². The van der Waals surface area contributed by atoms with E-state index in [0.717, 1.165) is 44.2 Å². The molecule has 2 N–H and O–H groups in total. The number of piperazine rings is 1. The Morgan fingerprint density at radius 2 is 1.96 bits per heavy atom. The third-order valence-electron chi connectivity index (χ3n) is 4.67. The van der Waals surface area contributed by atoms with Gasteiger partial charge < -0.3 is 20.4 Å². The molecule has 0 atom stereocenters. The van der Waals surface area contributed by atoms with Crippen LogP contribution in [-0.2, 0) is 0 Å². The highest BCUT2D eigenvalue weighted by Crippen LogP contribution is 2.22. The quantitative estimate of drug-likeness (QED) is 0.445. The van der Waals surface area contributed by atoms with E-state index in [1.165, 1.54) is 5.00 Å². The summed E-state index contributed by atoms with van der Waals surface area (Å²) >= 11 is 1.79. The Hall–Kier alpha value is -2.54. The molecule has 2 aromatic rings. The highest BCUT2D eigenvalue weighted by Gasteiger charge is 2.20. The summed E-state index contributed by atoms with van der Waals surface area (Å²) in [7, 11) is 0. The van der Waals surface area contributed by atoms with Crippen molar-refractivity contribution in [3.05, 3.63) is 52.9 Å². The van der Waals surface area contributed by atoms with Crippen LogP contribution in [0, 0.1) is 6.92 Å². The molecule has 28 heavy (non-hydrogen) atoms. The Morgan fingerprint density at radius 1 is 1.14 bits per heavy atom. The second-order valence-corrected chi connectivity index (χ2v) is 7.71. The Kier molecular flexibility index (Phi) is 7.31. The highest BCUT2D eigenvalue weighted by molar-refractivity contribution is 7.14. The monoisotopic (exact) mass is 399 g/mol. The summed E-state index contributed by atoms with van der Waals surface area (Å²) in [6, 6.07) is 11.9. The molecule has 1 aromatic carbocycles. The first-order valence-corrected chi connectivity index (χ1v) is 10.7. The zero-order valence-electron chi connectivity index (χ0n) is 16.6. The number of carbonyl (C=O) groups is 1. The van der Waals surface area contributed by atoms with E-state index in [2.05, 4.69) is 44.9 Å².